The number of thiazole rings is 1. The van der Waals surface area contributed by atoms with E-state index in [9.17, 15) is 4.79 Å². The Bertz CT molecular complexity index is 1030. The predicted molar refractivity (Wildman–Crippen MR) is 109 cm³/mol. The highest BCUT2D eigenvalue weighted by atomic mass is 32.1. The zero-order chi connectivity index (χ0) is 19.2. The fraction of sp³-hybridized carbons (Fsp3) is 0.143. The van der Waals surface area contributed by atoms with E-state index in [2.05, 4.69) is 20.4 Å². The van der Waals surface area contributed by atoms with E-state index in [-0.39, 0.29) is 12.3 Å². The van der Waals surface area contributed by atoms with Crippen molar-refractivity contribution in [3.8, 4) is 10.6 Å². The van der Waals surface area contributed by atoms with Gasteiger partial charge in [0.2, 0.25) is 5.91 Å². The summed E-state index contributed by atoms with van der Waals surface area (Å²) >= 11 is 1.56. The first-order chi connectivity index (χ1) is 13.8. The molecule has 0 saturated heterocycles. The molecule has 0 unspecified atom stereocenters. The largest absolute Gasteiger partial charge is 0.352 e. The summed E-state index contributed by atoms with van der Waals surface area (Å²) in [5.74, 6) is -0.0309. The van der Waals surface area contributed by atoms with E-state index in [0.717, 1.165) is 27.4 Å². The van der Waals surface area contributed by atoms with Crippen molar-refractivity contribution < 1.29 is 4.79 Å². The van der Waals surface area contributed by atoms with Crippen LogP contribution in [0.2, 0.25) is 0 Å². The normalized spacial score (nSPS) is 10.7. The molecule has 0 aliphatic carbocycles. The molecule has 2 aromatic heterocycles. The van der Waals surface area contributed by atoms with E-state index in [1.807, 2.05) is 60.0 Å². The van der Waals surface area contributed by atoms with Crippen LogP contribution in [-0.4, -0.2) is 25.7 Å². The predicted octanol–water partition coefficient (Wildman–Crippen LogP) is 3.31. The first-order valence-corrected chi connectivity index (χ1v) is 9.81. The Morgan fingerprint density at radius 1 is 1.04 bits per heavy atom. The first-order valence-electron chi connectivity index (χ1n) is 8.93. The standard InChI is InChI=1S/C21H19N5OS/c27-20(10-19-13-28-21(25-19)18-4-2-1-3-5-18)23-11-16-6-8-17(9-7-16)12-26-15-22-14-24-26/h1-9,13-15H,10-12H2,(H,23,27). The van der Waals surface area contributed by atoms with Crippen LogP contribution in [-0.2, 0) is 24.3 Å². The SMILES string of the molecule is O=C(Cc1csc(-c2ccccc2)n1)NCc1ccc(Cn2cncn2)cc1. The van der Waals surface area contributed by atoms with Gasteiger partial charge in [0, 0.05) is 17.5 Å². The van der Waals surface area contributed by atoms with E-state index in [0.29, 0.717) is 13.1 Å². The molecule has 0 aliphatic heterocycles. The van der Waals surface area contributed by atoms with Crippen molar-refractivity contribution in [2.24, 2.45) is 0 Å². The van der Waals surface area contributed by atoms with E-state index in [1.54, 1.807) is 22.3 Å². The number of aromatic nitrogens is 4. The van der Waals surface area contributed by atoms with Crippen LogP contribution in [0.1, 0.15) is 16.8 Å². The van der Waals surface area contributed by atoms with Crippen LogP contribution in [0.5, 0.6) is 0 Å². The minimum atomic E-state index is -0.0309. The van der Waals surface area contributed by atoms with Crippen LogP contribution in [0.25, 0.3) is 10.6 Å². The van der Waals surface area contributed by atoms with Gasteiger partial charge in [0.1, 0.15) is 17.7 Å². The van der Waals surface area contributed by atoms with Gasteiger partial charge < -0.3 is 5.32 Å². The van der Waals surface area contributed by atoms with Gasteiger partial charge in [-0.3, -0.25) is 4.79 Å². The third-order valence-corrected chi connectivity index (χ3v) is 5.18. The smallest absolute Gasteiger partial charge is 0.226 e. The first kappa shape index (κ1) is 18.1. The molecule has 28 heavy (non-hydrogen) atoms. The highest BCUT2D eigenvalue weighted by Crippen LogP contribution is 2.23. The van der Waals surface area contributed by atoms with Crippen molar-refractivity contribution in [2.75, 3.05) is 0 Å². The molecule has 4 rings (SSSR count). The van der Waals surface area contributed by atoms with Crippen LogP contribution in [0.4, 0.5) is 0 Å². The van der Waals surface area contributed by atoms with Crippen LogP contribution in [0.15, 0.2) is 72.6 Å². The molecule has 1 amide bonds. The summed E-state index contributed by atoms with van der Waals surface area (Å²) in [4.78, 5) is 20.7. The maximum Gasteiger partial charge on any atom is 0.226 e. The minimum absolute atomic E-state index is 0.0309. The van der Waals surface area contributed by atoms with Crippen LogP contribution in [0.3, 0.4) is 0 Å². The average Bonchev–Trinajstić information content (AvgIpc) is 3.40. The quantitative estimate of drug-likeness (QED) is 0.526. The van der Waals surface area contributed by atoms with Gasteiger partial charge in [0.25, 0.3) is 0 Å². The molecule has 2 aromatic carbocycles. The average molecular weight is 389 g/mol. The Morgan fingerprint density at radius 2 is 1.82 bits per heavy atom. The number of nitrogens with zero attached hydrogens (tertiary/aromatic N) is 4. The number of nitrogens with one attached hydrogen (secondary N) is 1. The van der Waals surface area contributed by atoms with Gasteiger partial charge in [-0.2, -0.15) is 5.10 Å². The third-order valence-electron chi connectivity index (χ3n) is 4.24. The molecular weight excluding hydrogens is 370 g/mol. The van der Waals surface area contributed by atoms with E-state index < -0.39 is 0 Å². The molecule has 7 heteroatoms. The summed E-state index contributed by atoms with van der Waals surface area (Å²) < 4.78 is 1.77. The van der Waals surface area contributed by atoms with Gasteiger partial charge in [-0.25, -0.2) is 14.6 Å². The fourth-order valence-electron chi connectivity index (χ4n) is 2.79. The number of benzene rings is 2. The van der Waals surface area contributed by atoms with Gasteiger partial charge in [0.15, 0.2) is 0 Å². The Hall–Kier alpha value is -3.32. The number of carbonyl (C=O) groups is 1. The highest BCUT2D eigenvalue weighted by Gasteiger charge is 2.09. The highest BCUT2D eigenvalue weighted by molar-refractivity contribution is 7.13. The maximum atomic E-state index is 12.2. The second-order valence-electron chi connectivity index (χ2n) is 6.37. The number of hydrogen-bond acceptors (Lipinski definition) is 5. The Morgan fingerprint density at radius 3 is 2.57 bits per heavy atom. The summed E-state index contributed by atoms with van der Waals surface area (Å²) in [6.07, 6.45) is 3.50. The molecule has 2 heterocycles. The van der Waals surface area contributed by atoms with Gasteiger partial charge in [-0.15, -0.1) is 11.3 Å². The zero-order valence-corrected chi connectivity index (χ0v) is 16.0. The molecule has 0 atom stereocenters. The van der Waals surface area contributed by atoms with Gasteiger partial charge in [-0.1, -0.05) is 54.6 Å². The lowest BCUT2D eigenvalue weighted by atomic mass is 10.1. The fourth-order valence-corrected chi connectivity index (χ4v) is 3.62. The molecule has 0 aliphatic rings. The molecule has 0 fully saturated rings. The van der Waals surface area contributed by atoms with Gasteiger partial charge in [0.05, 0.1) is 18.7 Å². The van der Waals surface area contributed by atoms with Crippen molar-refractivity contribution >= 4 is 17.2 Å². The summed E-state index contributed by atoms with van der Waals surface area (Å²) in [5, 5.41) is 9.94. The van der Waals surface area contributed by atoms with Crippen molar-refractivity contribution in [1.82, 2.24) is 25.1 Å². The second-order valence-corrected chi connectivity index (χ2v) is 7.23. The third kappa shape index (κ3) is 4.69. The monoisotopic (exact) mass is 389 g/mol. The number of hydrogen-bond donors (Lipinski definition) is 1. The lowest BCUT2D eigenvalue weighted by Crippen LogP contribution is -2.24. The van der Waals surface area contributed by atoms with Crippen LogP contribution in [0, 0.1) is 0 Å². The summed E-state index contributed by atoms with van der Waals surface area (Å²) in [6, 6.07) is 18.1. The second kappa shape index (κ2) is 8.58. The zero-order valence-electron chi connectivity index (χ0n) is 15.2. The Balaban J connectivity index is 1.28. The Labute approximate surface area is 166 Å². The number of amides is 1. The molecule has 0 spiro atoms. The van der Waals surface area contributed by atoms with E-state index >= 15 is 0 Å². The summed E-state index contributed by atoms with van der Waals surface area (Å²) in [5.41, 5.74) is 4.06. The molecule has 6 nitrogen and oxygen atoms in total. The number of carbonyl (C=O) groups excluding carboxylic acids is 1. The van der Waals surface area contributed by atoms with Crippen LogP contribution >= 0.6 is 11.3 Å². The summed E-state index contributed by atoms with van der Waals surface area (Å²) in [6.45, 7) is 1.18. The lowest BCUT2D eigenvalue weighted by Gasteiger charge is -2.06. The molecule has 0 saturated carbocycles. The number of rotatable bonds is 7. The van der Waals surface area contributed by atoms with Crippen LogP contribution < -0.4 is 5.32 Å². The van der Waals surface area contributed by atoms with Gasteiger partial charge >= 0.3 is 0 Å². The van der Waals surface area contributed by atoms with Crippen molar-refractivity contribution in [3.63, 3.8) is 0 Å². The molecular formula is C21H19N5OS. The molecule has 0 radical (unpaired) electrons. The molecule has 0 bridgehead atoms. The molecule has 4 aromatic rings. The molecule has 1 N–H and O–H groups in total. The topological polar surface area (TPSA) is 72.7 Å². The van der Waals surface area contributed by atoms with E-state index in [4.69, 9.17) is 0 Å². The maximum absolute atomic E-state index is 12.2. The lowest BCUT2D eigenvalue weighted by molar-refractivity contribution is -0.120. The molecule has 140 valence electrons. The summed E-state index contributed by atoms with van der Waals surface area (Å²) in [7, 11) is 0. The van der Waals surface area contributed by atoms with Crippen molar-refractivity contribution in [1.29, 1.82) is 0 Å². The minimum Gasteiger partial charge on any atom is -0.352 e. The van der Waals surface area contributed by atoms with E-state index in [1.165, 1.54) is 6.33 Å². The van der Waals surface area contributed by atoms with Crippen molar-refractivity contribution in [3.05, 3.63) is 89.5 Å². The van der Waals surface area contributed by atoms with Gasteiger partial charge in [-0.05, 0) is 11.1 Å². The Kier molecular flexibility index (Phi) is 5.53. The van der Waals surface area contributed by atoms with Crippen molar-refractivity contribution in [2.45, 2.75) is 19.5 Å².